The number of hydrogen-bond acceptors (Lipinski definition) is 8. The van der Waals surface area contributed by atoms with Gasteiger partial charge in [-0.2, -0.15) is 0 Å². The monoisotopic (exact) mass is 590 g/mol. The first kappa shape index (κ1) is 27.1. The molecule has 2 unspecified atom stereocenters. The van der Waals surface area contributed by atoms with Gasteiger partial charge in [0.15, 0.2) is 16.6 Å². The number of rotatable bonds is 7. The molecule has 41 heavy (non-hydrogen) atoms. The molecule has 1 fully saturated rings. The molecule has 0 radical (unpaired) electrons. The molecule has 6 rings (SSSR count). The maximum atomic E-state index is 13.7. The maximum Gasteiger partial charge on any atom is 0.301 e. The van der Waals surface area contributed by atoms with Crippen molar-refractivity contribution in [2.75, 3.05) is 18.1 Å². The summed E-state index contributed by atoms with van der Waals surface area (Å²) < 4.78 is 18.2. The molecule has 4 aromatic rings. The van der Waals surface area contributed by atoms with E-state index in [9.17, 15) is 14.7 Å². The summed E-state index contributed by atoms with van der Waals surface area (Å²) in [5.41, 5.74) is 2.52. The van der Waals surface area contributed by atoms with Crippen LogP contribution >= 0.6 is 22.9 Å². The molecule has 1 amide bonds. The first-order valence-electron chi connectivity index (χ1n) is 13.4. The van der Waals surface area contributed by atoms with Crippen molar-refractivity contribution in [1.82, 2.24) is 4.98 Å². The lowest BCUT2D eigenvalue weighted by Crippen LogP contribution is -2.29. The summed E-state index contributed by atoms with van der Waals surface area (Å²) in [5.74, 6) is -0.107. The molecule has 1 saturated heterocycles. The summed E-state index contributed by atoms with van der Waals surface area (Å²) in [7, 11) is 0. The van der Waals surface area contributed by atoms with Crippen molar-refractivity contribution in [1.29, 1.82) is 0 Å². The van der Waals surface area contributed by atoms with E-state index in [4.69, 9.17) is 25.8 Å². The molecule has 1 aromatic heterocycles. The number of ether oxygens (including phenoxy) is 3. The second kappa shape index (κ2) is 10.7. The van der Waals surface area contributed by atoms with Crippen molar-refractivity contribution in [3.63, 3.8) is 0 Å². The highest BCUT2D eigenvalue weighted by Gasteiger charge is 2.48. The molecular formula is C31H27ClN2O6S. The van der Waals surface area contributed by atoms with Crippen molar-refractivity contribution in [2.45, 2.75) is 39.3 Å². The van der Waals surface area contributed by atoms with E-state index in [-0.39, 0.29) is 17.4 Å². The summed E-state index contributed by atoms with van der Waals surface area (Å²) in [4.78, 5) is 33.4. The largest absolute Gasteiger partial charge is 0.507 e. The highest BCUT2D eigenvalue weighted by Crippen LogP contribution is 2.46. The minimum Gasteiger partial charge on any atom is -0.507 e. The Balaban J connectivity index is 1.55. The van der Waals surface area contributed by atoms with Crippen LogP contribution in [-0.2, 0) is 16.0 Å². The third-order valence-electron chi connectivity index (χ3n) is 7.04. The van der Waals surface area contributed by atoms with Crippen molar-refractivity contribution in [2.24, 2.45) is 0 Å². The van der Waals surface area contributed by atoms with E-state index in [2.05, 4.69) is 4.98 Å². The Labute approximate surface area is 245 Å². The number of aliphatic hydroxyl groups excluding tert-OH is 1. The highest BCUT2D eigenvalue weighted by atomic mass is 35.5. The Morgan fingerprint density at radius 2 is 1.85 bits per heavy atom. The van der Waals surface area contributed by atoms with E-state index in [0.29, 0.717) is 57.9 Å². The molecule has 0 bridgehead atoms. The third-order valence-corrected chi connectivity index (χ3v) is 8.29. The molecule has 2 atom stereocenters. The van der Waals surface area contributed by atoms with E-state index >= 15 is 0 Å². The minimum atomic E-state index is -0.968. The van der Waals surface area contributed by atoms with Crippen molar-refractivity contribution in [3.8, 4) is 17.2 Å². The van der Waals surface area contributed by atoms with Crippen molar-refractivity contribution >= 4 is 55.7 Å². The summed E-state index contributed by atoms with van der Waals surface area (Å²) in [6.07, 6.45) is 0.695. The number of carbonyl (C=O) groups is 2. The summed E-state index contributed by atoms with van der Waals surface area (Å²) in [5, 5.41) is 12.5. The molecule has 0 saturated carbocycles. The summed E-state index contributed by atoms with van der Waals surface area (Å²) >= 11 is 7.45. The lowest BCUT2D eigenvalue weighted by molar-refractivity contribution is -0.132. The molecule has 1 N–H and O–H groups in total. The predicted molar refractivity (Wildman–Crippen MR) is 158 cm³/mol. The van der Waals surface area contributed by atoms with Gasteiger partial charge in [-0.05, 0) is 80.4 Å². The molecule has 3 aromatic carbocycles. The van der Waals surface area contributed by atoms with Crippen LogP contribution in [0.1, 0.15) is 43.5 Å². The standard InChI is InChI=1S/C31H27ClN2O6S/c1-4-38-23-11-6-17(14-24(23)39-5-2)27-26(28(35)18-7-10-22-19(13-18)12-16(3)40-22)29(36)30(37)34(27)31-33-21-9-8-20(32)15-25(21)41-31/h6-11,13-16,27,35H,4-5,12H2,1-3H3. The van der Waals surface area contributed by atoms with E-state index in [1.807, 2.05) is 26.8 Å². The number of benzene rings is 3. The van der Waals surface area contributed by atoms with E-state index in [1.165, 1.54) is 16.2 Å². The lowest BCUT2D eigenvalue weighted by atomic mass is 9.94. The van der Waals surface area contributed by atoms with Gasteiger partial charge in [-0.15, -0.1) is 0 Å². The third kappa shape index (κ3) is 4.79. The van der Waals surface area contributed by atoms with Gasteiger partial charge >= 0.3 is 5.91 Å². The van der Waals surface area contributed by atoms with E-state index in [1.54, 1.807) is 48.5 Å². The molecule has 10 heteroatoms. The van der Waals surface area contributed by atoms with Crippen LogP contribution in [0.2, 0.25) is 5.02 Å². The average molecular weight is 591 g/mol. The summed E-state index contributed by atoms with van der Waals surface area (Å²) in [6.45, 7) is 6.53. The number of amides is 1. The Kier molecular flexibility index (Phi) is 7.09. The zero-order chi connectivity index (χ0) is 28.8. The molecule has 2 aliphatic heterocycles. The molecule has 0 spiro atoms. The fourth-order valence-corrected chi connectivity index (χ4v) is 6.57. The minimum absolute atomic E-state index is 0.0151. The van der Waals surface area contributed by atoms with Gasteiger partial charge in [0.1, 0.15) is 17.6 Å². The molecule has 210 valence electrons. The number of nitrogens with zero attached hydrogens (tertiary/aromatic N) is 2. The molecule has 0 aliphatic carbocycles. The van der Waals surface area contributed by atoms with Gasteiger partial charge < -0.3 is 19.3 Å². The summed E-state index contributed by atoms with van der Waals surface area (Å²) in [6, 6.07) is 14.8. The number of fused-ring (bicyclic) bond motifs is 2. The van der Waals surface area contributed by atoms with Crippen LogP contribution in [0.3, 0.4) is 0 Å². The molecule has 2 aliphatic rings. The van der Waals surface area contributed by atoms with Gasteiger partial charge in [-0.1, -0.05) is 29.0 Å². The number of hydrogen-bond donors (Lipinski definition) is 1. The number of thiazole rings is 1. The van der Waals surface area contributed by atoms with Crippen LogP contribution in [0.4, 0.5) is 5.13 Å². The van der Waals surface area contributed by atoms with Crippen LogP contribution in [0, 0.1) is 0 Å². The first-order valence-corrected chi connectivity index (χ1v) is 14.5. The fraction of sp³-hybridized carbons (Fsp3) is 0.258. The van der Waals surface area contributed by atoms with Crippen molar-refractivity contribution < 1.29 is 28.9 Å². The Hall–Kier alpha value is -4.08. The second-order valence-corrected chi connectivity index (χ2v) is 11.3. The maximum absolute atomic E-state index is 13.7. The Bertz CT molecular complexity index is 1730. The topological polar surface area (TPSA) is 98.2 Å². The van der Waals surface area contributed by atoms with Crippen LogP contribution in [0.25, 0.3) is 16.0 Å². The van der Waals surface area contributed by atoms with E-state index in [0.717, 1.165) is 16.0 Å². The number of halogens is 1. The lowest BCUT2D eigenvalue weighted by Gasteiger charge is -2.24. The molecule has 8 nitrogen and oxygen atoms in total. The van der Waals surface area contributed by atoms with Crippen molar-refractivity contribution in [3.05, 3.63) is 81.9 Å². The quantitative estimate of drug-likeness (QED) is 0.145. The van der Waals surface area contributed by atoms with Crippen LogP contribution in [-0.4, -0.2) is 41.1 Å². The van der Waals surface area contributed by atoms with Gasteiger partial charge in [0.25, 0.3) is 5.78 Å². The first-order chi connectivity index (χ1) is 19.8. The number of aromatic nitrogens is 1. The van der Waals surface area contributed by atoms with Gasteiger partial charge in [0.2, 0.25) is 0 Å². The smallest absolute Gasteiger partial charge is 0.301 e. The zero-order valence-corrected chi connectivity index (χ0v) is 24.2. The number of aliphatic hydroxyl groups is 1. The Morgan fingerprint density at radius 1 is 1.07 bits per heavy atom. The number of anilines is 1. The van der Waals surface area contributed by atoms with Crippen LogP contribution in [0.15, 0.2) is 60.2 Å². The highest BCUT2D eigenvalue weighted by molar-refractivity contribution is 7.22. The molecule has 3 heterocycles. The Morgan fingerprint density at radius 3 is 2.63 bits per heavy atom. The van der Waals surface area contributed by atoms with Gasteiger partial charge in [-0.25, -0.2) is 4.98 Å². The normalized spacial score (nSPS) is 19.5. The number of carbonyl (C=O) groups excluding carboxylic acids is 2. The second-order valence-electron chi connectivity index (χ2n) is 9.80. The van der Waals surface area contributed by atoms with Gasteiger partial charge in [-0.3, -0.25) is 14.5 Å². The predicted octanol–water partition coefficient (Wildman–Crippen LogP) is 6.70. The van der Waals surface area contributed by atoms with Gasteiger partial charge in [0.05, 0.1) is 35.0 Å². The van der Waals surface area contributed by atoms with Crippen LogP contribution in [0.5, 0.6) is 17.2 Å². The van der Waals surface area contributed by atoms with E-state index < -0.39 is 17.7 Å². The zero-order valence-electron chi connectivity index (χ0n) is 22.6. The van der Waals surface area contributed by atoms with Gasteiger partial charge in [0, 0.05) is 17.0 Å². The number of Topliss-reactive ketones (excluding diaryl/α,β-unsaturated/α-hetero) is 1. The van der Waals surface area contributed by atoms with Crippen LogP contribution < -0.4 is 19.1 Å². The fourth-order valence-electron chi connectivity index (χ4n) is 5.30. The molecular weight excluding hydrogens is 564 g/mol. The number of ketones is 1. The SMILES string of the molecule is CCOc1ccc(C2C(=C(O)c3ccc4c(c3)CC(C)O4)C(=O)C(=O)N2c2nc3ccc(Cl)cc3s2)cc1OCC. The average Bonchev–Trinajstić information content (AvgIpc) is 3.61.